The molecule has 0 heterocycles. The third-order valence-electron chi connectivity index (χ3n) is 2.58. The Labute approximate surface area is 75.1 Å². The molecule has 0 aliphatic heterocycles. The molecule has 0 N–H and O–H groups in total. The summed E-state index contributed by atoms with van der Waals surface area (Å²) in [4.78, 5) is 0. The average Bonchev–Trinajstić information content (AvgIpc) is 2.66. The molecule has 12 heavy (non-hydrogen) atoms. The summed E-state index contributed by atoms with van der Waals surface area (Å²) in [6.07, 6.45) is 7.63. The fourth-order valence-corrected chi connectivity index (χ4v) is 1.79. The highest BCUT2D eigenvalue weighted by molar-refractivity contribution is 7.19. The molecular formula is C10H14FP. The summed E-state index contributed by atoms with van der Waals surface area (Å²) in [6, 6.07) is 0. The smallest absolute Gasteiger partial charge is 0.142 e. The quantitative estimate of drug-likeness (QED) is 0.578. The minimum atomic E-state index is -1.20. The van der Waals surface area contributed by atoms with Crippen LogP contribution in [0.1, 0.15) is 26.2 Å². The fraction of sp³-hybridized carbons (Fsp3) is 0.600. The third-order valence-corrected chi connectivity index (χ3v) is 2.95. The second-order valence-electron chi connectivity index (χ2n) is 3.93. The van der Waals surface area contributed by atoms with Gasteiger partial charge in [-0.2, -0.15) is 0 Å². The standard InChI is InChI=1S/C10H14FP/c1-10(11,12)9-5-4-8(6-9)7-2-3-7/h4,6-7H,2-3,5,12H2,1H3. The summed E-state index contributed by atoms with van der Waals surface area (Å²) >= 11 is 0. The van der Waals surface area contributed by atoms with Crippen LogP contribution in [0.2, 0.25) is 0 Å². The predicted octanol–water partition coefficient (Wildman–Crippen LogP) is 3.21. The average molecular weight is 184 g/mol. The Morgan fingerprint density at radius 1 is 1.58 bits per heavy atom. The number of allylic oxidation sites excluding steroid dienone is 4. The van der Waals surface area contributed by atoms with E-state index in [1.807, 2.05) is 6.08 Å². The maximum atomic E-state index is 13.4. The van der Waals surface area contributed by atoms with E-state index in [2.05, 4.69) is 15.3 Å². The van der Waals surface area contributed by atoms with Gasteiger partial charge in [0.15, 0.2) is 0 Å². The molecule has 2 atom stereocenters. The number of halogens is 1. The van der Waals surface area contributed by atoms with Gasteiger partial charge in [0.2, 0.25) is 0 Å². The Kier molecular flexibility index (Phi) is 1.88. The van der Waals surface area contributed by atoms with Gasteiger partial charge in [0.25, 0.3) is 0 Å². The van der Waals surface area contributed by atoms with Crippen molar-refractivity contribution in [1.82, 2.24) is 0 Å². The summed E-state index contributed by atoms with van der Waals surface area (Å²) in [7, 11) is 2.26. The maximum Gasteiger partial charge on any atom is 0.142 e. The number of rotatable bonds is 2. The molecule has 1 saturated carbocycles. The zero-order valence-electron chi connectivity index (χ0n) is 7.31. The molecule has 0 aromatic rings. The van der Waals surface area contributed by atoms with E-state index in [1.54, 1.807) is 6.92 Å². The lowest BCUT2D eigenvalue weighted by atomic mass is 10.1. The van der Waals surface area contributed by atoms with Crippen molar-refractivity contribution in [3.8, 4) is 0 Å². The van der Waals surface area contributed by atoms with E-state index in [4.69, 9.17) is 0 Å². The van der Waals surface area contributed by atoms with Gasteiger partial charge in [0, 0.05) is 0 Å². The first kappa shape index (κ1) is 8.44. The molecule has 2 aliphatic rings. The van der Waals surface area contributed by atoms with E-state index in [-0.39, 0.29) is 0 Å². The molecule has 0 radical (unpaired) electrons. The molecule has 0 nitrogen and oxygen atoms in total. The Bertz CT molecular complexity index is 254. The van der Waals surface area contributed by atoms with E-state index in [1.165, 1.54) is 18.4 Å². The van der Waals surface area contributed by atoms with Crippen LogP contribution in [0.3, 0.4) is 0 Å². The van der Waals surface area contributed by atoms with Crippen LogP contribution in [0.15, 0.2) is 23.3 Å². The Balaban J connectivity index is 2.10. The number of hydrogen-bond acceptors (Lipinski definition) is 0. The van der Waals surface area contributed by atoms with Gasteiger partial charge in [-0.1, -0.05) is 21.4 Å². The highest BCUT2D eigenvalue weighted by atomic mass is 31.0. The lowest BCUT2D eigenvalue weighted by Crippen LogP contribution is -2.09. The maximum absolute atomic E-state index is 13.4. The molecule has 0 amide bonds. The van der Waals surface area contributed by atoms with Crippen LogP contribution >= 0.6 is 9.24 Å². The van der Waals surface area contributed by atoms with Gasteiger partial charge in [0.05, 0.1) is 0 Å². The van der Waals surface area contributed by atoms with Crippen LogP contribution < -0.4 is 0 Å². The lowest BCUT2D eigenvalue weighted by molar-refractivity contribution is 0.363. The predicted molar refractivity (Wildman–Crippen MR) is 52.7 cm³/mol. The van der Waals surface area contributed by atoms with Crippen LogP contribution in [-0.2, 0) is 0 Å². The van der Waals surface area contributed by atoms with Gasteiger partial charge in [-0.25, -0.2) is 4.39 Å². The van der Waals surface area contributed by atoms with Crippen molar-refractivity contribution >= 4 is 9.24 Å². The Morgan fingerprint density at radius 2 is 2.25 bits per heavy atom. The van der Waals surface area contributed by atoms with Crippen molar-refractivity contribution in [3.63, 3.8) is 0 Å². The van der Waals surface area contributed by atoms with Gasteiger partial charge < -0.3 is 0 Å². The first-order valence-corrected chi connectivity index (χ1v) is 5.04. The van der Waals surface area contributed by atoms with Crippen molar-refractivity contribution in [2.75, 3.05) is 0 Å². The van der Waals surface area contributed by atoms with E-state index < -0.39 is 5.41 Å². The molecule has 0 spiro atoms. The molecule has 66 valence electrons. The largest absolute Gasteiger partial charge is 0.235 e. The molecule has 0 aromatic heterocycles. The molecule has 0 saturated heterocycles. The van der Waals surface area contributed by atoms with E-state index >= 15 is 0 Å². The molecule has 0 bridgehead atoms. The van der Waals surface area contributed by atoms with E-state index in [0.29, 0.717) is 0 Å². The van der Waals surface area contributed by atoms with Gasteiger partial charge >= 0.3 is 0 Å². The van der Waals surface area contributed by atoms with E-state index in [9.17, 15) is 4.39 Å². The normalized spacial score (nSPS) is 27.9. The highest BCUT2D eigenvalue weighted by Gasteiger charge is 2.30. The van der Waals surface area contributed by atoms with Gasteiger partial charge in [0.1, 0.15) is 5.41 Å². The molecule has 2 aliphatic carbocycles. The second-order valence-corrected chi connectivity index (χ2v) is 5.01. The van der Waals surface area contributed by atoms with Crippen molar-refractivity contribution in [3.05, 3.63) is 23.3 Å². The van der Waals surface area contributed by atoms with Crippen LogP contribution in [0.4, 0.5) is 4.39 Å². The van der Waals surface area contributed by atoms with Crippen LogP contribution in [0.5, 0.6) is 0 Å². The molecule has 2 rings (SSSR count). The zero-order valence-corrected chi connectivity index (χ0v) is 8.46. The van der Waals surface area contributed by atoms with Crippen molar-refractivity contribution < 1.29 is 4.39 Å². The van der Waals surface area contributed by atoms with Gasteiger partial charge in [-0.15, -0.1) is 0 Å². The molecular weight excluding hydrogens is 170 g/mol. The summed E-state index contributed by atoms with van der Waals surface area (Å²) in [5.41, 5.74) is 2.28. The van der Waals surface area contributed by atoms with Crippen molar-refractivity contribution in [2.45, 2.75) is 31.6 Å². The zero-order chi connectivity index (χ0) is 8.77. The fourth-order valence-electron chi connectivity index (χ4n) is 1.59. The van der Waals surface area contributed by atoms with Gasteiger partial charge in [-0.05, 0) is 43.3 Å². The highest BCUT2D eigenvalue weighted by Crippen LogP contribution is 2.43. The van der Waals surface area contributed by atoms with Crippen LogP contribution in [-0.4, -0.2) is 5.41 Å². The van der Waals surface area contributed by atoms with Crippen LogP contribution in [0.25, 0.3) is 0 Å². The minimum absolute atomic E-state index is 0.759. The summed E-state index contributed by atoms with van der Waals surface area (Å²) in [5, 5.41) is -1.20. The van der Waals surface area contributed by atoms with Crippen molar-refractivity contribution in [2.24, 2.45) is 5.92 Å². The summed E-state index contributed by atoms with van der Waals surface area (Å²) in [5.74, 6) is 0.759. The number of hydrogen-bond donors (Lipinski definition) is 0. The summed E-state index contributed by atoms with van der Waals surface area (Å²) < 4.78 is 13.4. The number of alkyl halides is 1. The van der Waals surface area contributed by atoms with Gasteiger partial charge in [-0.3, -0.25) is 0 Å². The topological polar surface area (TPSA) is 0 Å². The monoisotopic (exact) mass is 184 g/mol. The molecule has 0 aromatic carbocycles. The summed E-state index contributed by atoms with van der Waals surface area (Å²) in [6.45, 7) is 1.60. The Morgan fingerprint density at radius 3 is 2.67 bits per heavy atom. The first-order valence-electron chi connectivity index (χ1n) is 4.46. The lowest BCUT2D eigenvalue weighted by Gasteiger charge is -2.14. The Hall–Kier alpha value is -0.160. The minimum Gasteiger partial charge on any atom is -0.235 e. The first-order chi connectivity index (χ1) is 5.57. The molecule has 1 fully saturated rings. The van der Waals surface area contributed by atoms with Crippen LogP contribution in [0, 0.1) is 5.92 Å². The molecule has 2 unspecified atom stereocenters. The van der Waals surface area contributed by atoms with Crippen molar-refractivity contribution in [1.29, 1.82) is 0 Å². The van der Waals surface area contributed by atoms with E-state index in [0.717, 1.165) is 17.9 Å². The SMILES string of the molecule is CC(F)(P)C1=CC(C2CC2)=CC1. The second kappa shape index (κ2) is 2.67. The molecule has 2 heteroatoms. The third kappa shape index (κ3) is 1.61.